The lowest BCUT2D eigenvalue weighted by Crippen LogP contribution is -2.61. The van der Waals surface area contributed by atoms with E-state index < -0.39 is 45.2 Å². The zero-order valence-corrected chi connectivity index (χ0v) is 22.8. The van der Waals surface area contributed by atoms with Crippen molar-refractivity contribution in [3.05, 3.63) is 48.9 Å². The fourth-order valence-electron chi connectivity index (χ4n) is 8.69. The van der Waals surface area contributed by atoms with E-state index in [9.17, 15) is 30.0 Å². The number of aliphatic hydroxyl groups is 3. The molecule has 0 saturated heterocycles. The van der Waals surface area contributed by atoms with Crippen LogP contribution in [0.1, 0.15) is 37.3 Å². The first-order chi connectivity index (χ1) is 18.8. The van der Waals surface area contributed by atoms with Crippen LogP contribution in [0.5, 0.6) is 23.0 Å². The minimum absolute atomic E-state index is 0.0332. The van der Waals surface area contributed by atoms with Gasteiger partial charge in [-0.2, -0.15) is 0 Å². The van der Waals surface area contributed by atoms with Crippen molar-refractivity contribution in [2.24, 2.45) is 0 Å². The van der Waals surface area contributed by atoms with Crippen molar-refractivity contribution in [2.75, 3.05) is 28.4 Å². The molecule has 4 N–H and O–H groups in total. The first-order valence-corrected chi connectivity index (χ1v) is 12.8. The highest BCUT2D eigenvalue weighted by molar-refractivity contribution is 6.30. The molecular weight excluding hydrogens is 520 g/mol. The number of benzene rings is 4. The van der Waals surface area contributed by atoms with Crippen molar-refractivity contribution in [2.45, 2.75) is 48.9 Å². The van der Waals surface area contributed by atoms with Crippen LogP contribution >= 0.6 is 0 Å². The SMILES string of the molecule is COc1c2c3c4c5c(c(=O)cc(OC)c5c5c(OC)cc(=O)c(c1O)c35)=C(O)[C@H](OC)[C@]41C[C@](C)(O)[C@H]2[C@]1(C)O. The summed E-state index contributed by atoms with van der Waals surface area (Å²) in [5.74, 6) is -1.60. The van der Waals surface area contributed by atoms with Gasteiger partial charge in [0.05, 0.1) is 48.6 Å². The third-order valence-electron chi connectivity index (χ3n) is 9.77. The molecule has 2 bridgehead atoms. The number of methoxy groups -OCH3 is 4. The summed E-state index contributed by atoms with van der Waals surface area (Å²) in [5.41, 5.74) is -5.24. The van der Waals surface area contributed by atoms with Crippen molar-refractivity contribution in [1.82, 2.24) is 0 Å². The first kappa shape index (κ1) is 25.1. The normalized spacial score (nSPS) is 30.1. The number of rotatable bonds is 4. The number of hydrogen-bond donors (Lipinski definition) is 4. The maximum atomic E-state index is 13.6. The van der Waals surface area contributed by atoms with Gasteiger partial charge in [-0.1, -0.05) is 0 Å². The Kier molecular flexibility index (Phi) is 4.56. The van der Waals surface area contributed by atoms with Gasteiger partial charge in [-0.05, 0) is 31.2 Å². The Bertz CT molecular complexity index is 2010. The van der Waals surface area contributed by atoms with E-state index in [2.05, 4.69) is 0 Å². The lowest BCUT2D eigenvalue weighted by Gasteiger charge is -2.52. The van der Waals surface area contributed by atoms with Crippen molar-refractivity contribution < 1.29 is 39.4 Å². The Labute approximate surface area is 226 Å². The van der Waals surface area contributed by atoms with Crippen LogP contribution in [0, 0.1) is 0 Å². The molecule has 208 valence electrons. The first-order valence-electron chi connectivity index (χ1n) is 12.8. The third-order valence-corrected chi connectivity index (χ3v) is 9.77. The van der Waals surface area contributed by atoms with Crippen LogP contribution in [-0.2, 0) is 10.2 Å². The highest BCUT2D eigenvalue weighted by atomic mass is 16.5. The third kappa shape index (κ3) is 2.32. The van der Waals surface area contributed by atoms with Crippen molar-refractivity contribution in [3.8, 4) is 23.0 Å². The number of aliphatic hydroxyl groups excluding tert-OH is 1. The molecule has 0 aromatic heterocycles. The van der Waals surface area contributed by atoms with Crippen molar-refractivity contribution in [3.63, 3.8) is 0 Å². The van der Waals surface area contributed by atoms with E-state index >= 15 is 0 Å². The lowest BCUT2D eigenvalue weighted by molar-refractivity contribution is -0.0800. The molecule has 3 aliphatic rings. The predicted molar refractivity (Wildman–Crippen MR) is 146 cm³/mol. The summed E-state index contributed by atoms with van der Waals surface area (Å²) in [4.78, 5) is 27.2. The zero-order valence-electron chi connectivity index (χ0n) is 22.8. The number of fused-ring (bicyclic) bond motifs is 3. The summed E-state index contributed by atoms with van der Waals surface area (Å²) in [6.45, 7) is 3.13. The molecule has 1 spiro atoms. The number of ether oxygens (including phenoxy) is 4. The van der Waals surface area contributed by atoms with Gasteiger partial charge in [0, 0.05) is 52.3 Å². The van der Waals surface area contributed by atoms with Crippen LogP contribution < -0.4 is 30.3 Å². The summed E-state index contributed by atoms with van der Waals surface area (Å²) >= 11 is 0. The molecule has 10 nitrogen and oxygen atoms in total. The van der Waals surface area contributed by atoms with Gasteiger partial charge in [0.15, 0.2) is 22.4 Å². The average Bonchev–Trinajstić information content (AvgIpc) is 2.97. The van der Waals surface area contributed by atoms with Crippen molar-refractivity contribution in [1.29, 1.82) is 0 Å². The van der Waals surface area contributed by atoms with E-state index in [1.807, 2.05) is 0 Å². The standard InChI is InChI=1S/C30H28O10/c1-28(35)9-30-22-19-15(24(34)27(30)40-6)11(32)8-13(38-4)17(19)16-12(37-3)7-10(31)14-18(16)20(22)21(25(39-5)23(14)33)26(28)29(30,2)36/h7-8,26-27,33-36H,9H2,1-6H3/t26-,27-,28-,29-,30-/m0/s1. The van der Waals surface area contributed by atoms with Gasteiger partial charge in [-0.15, -0.1) is 0 Å². The molecule has 1 saturated carbocycles. The average molecular weight is 549 g/mol. The van der Waals surface area contributed by atoms with Crippen LogP contribution in [-0.4, -0.2) is 66.2 Å². The summed E-state index contributed by atoms with van der Waals surface area (Å²) in [6, 6.07) is 2.49. The molecule has 0 aliphatic heterocycles. The summed E-state index contributed by atoms with van der Waals surface area (Å²) in [6.07, 6.45) is -1.30. The Morgan fingerprint density at radius 2 is 1.40 bits per heavy atom. The van der Waals surface area contributed by atoms with E-state index in [1.54, 1.807) is 13.8 Å². The van der Waals surface area contributed by atoms with Crippen LogP contribution in [0.4, 0.5) is 0 Å². The van der Waals surface area contributed by atoms with Gasteiger partial charge in [-0.25, -0.2) is 0 Å². The molecule has 0 radical (unpaired) electrons. The van der Waals surface area contributed by atoms with E-state index in [1.165, 1.54) is 40.6 Å². The van der Waals surface area contributed by atoms with Crippen molar-refractivity contribution >= 4 is 38.1 Å². The predicted octanol–water partition coefficient (Wildman–Crippen LogP) is 1.69. The quantitative estimate of drug-likeness (QED) is 0.219. The molecule has 40 heavy (non-hydrogen) atoms. The van der Waals surface area contributed by atoms with E-state index in [4.69, 9.17) is 18.9 Å². The second-order valence-electron chi connectivity index (χ2n) is 11.5. The Hall–Kier alpha value is -3.86. The van der Waals surface area contributed by atoms with Crippen LogP contribution in [0.25, 0.3) is 38.1 Å². The Morgan fingerprint density at radius 1 is 0.800 bits per heavy atom. The monoisotopic (exact) mass is 548 g/mol. The van der Waals surface area contributed by atoms with Crippen LogP contribution in [0.3, 0.4) is 0 Å². The largest absolute Gasteiger partial charge is 0.509 e. The number of aromatic hydroxyl groups is 1. The summed E-state index contributed by atoms with van der Waals surface area (Å²) in [5, 5.41) is 49.5. The molecule has 0 amide bonds. The minimum atomic E-state index is -1.79. The highest BCUT2D eigenvalue weighted by Gasteiger charge is 2.74. The van der Waals surface area contributed by atoms with Gasteiger partial charge in [-0.3, -0.25) is 9.59 Å². The summed E-state index contributed by atoms with van der Waals surface area (Å²) in [7, 11) is 5.50. The summed E-state index contributed by atoms with van der Waals surface area (Å²) < 4.78 is 22.9. The second kappa shape index (κ2) is 7.25. The molecule has 7 rings (SSSR count). The van der Waals surface area contributed by atoms with Crippen LogP contribution in [0.15, 0.2) is 21.7 Å². The Balaban J connectivity index is 2.01. The molecule has 3 aliphatic carbocycles. The molecule has 4 aromatic carbocycles. The smallest absolute Gasteiger partial charge is 0.194 e. The number of phenolic OH excluding ortho intramolecular Hbond substituents is 1. The lowest BCUT2D eigenvalue weighted by atomic mass is 9.55. The van der Waals surface area contributed by atoms with Crippen LogP contribution in [0.2, 0.25) is 0 Å². The fraction of sp³-hybridized carbons (Fsp3) is 0.400. The second-order valence-corrected chi connectivity index (χ2v) is 11.5. The molecule has 4 aromatic rings. The van der Waals surface area contributed by atoms with E-state index in [-0.39, 0.29) is 40.0 Å². The number of hydrogen-bond acceptors (Lipinski definition) is 10. The topological polar surface area (TPSA) is 152 Å². The van der Waals surface area contributed by atoms with Gasteiger partial charge in [0.25, 0.3) is 0 Å². The van der Waals surface area contributed by atoms with E-state index in [0.29, 0.717) is 38.1 Å². The number of phenols is 1. The van der Waals surface area contributed by atoms with Gasteiger partial charge >= 0.3 is 0 Å². The Morgan fingerprint density at radius 3 is 1.98 bits per heavy atom. The zero-order chi connectivity index (χ0) is 28.8. The van der Waals surface area contributed by atoms with Gasteiger partial charge in [0.1, 0.15) is 23.4 Å². The maximum absolute atomic E-state index is 13.6. The molecular formula is C30H28O10. The molecule has 1 fully saturated rings. The molecule has 0 heterocycles. The minimum Gasteiger partial charge on any atom is -0.509 e. The van der Waals surface area contributed by atoms with Gasteiger partial charge < -0.3 is 39.4 Å². The van der Waals surface area contributed by atoms with E-state index in [0.717, 1.165) is 0 Å². The molecule has 0 unspecified atom stereocenters. The fourth-order valence-corrected chi connectivity index (χ4v) is 8.69. The molecule has 10 heteroatoms. The maximum Gasteiger partial charge on any atom is 0.194 e. The highest BCUT2D eigenvalue weighted by Crippen LogP contribution is 2.71. The van der Waals surface area contributed by atoms with Gasteiger partial charge in [0.2, 0.25) is 0 Å². The molecule has 5 atom stereocenters.